The SMILES string of the molecule is CCCCCCCCCCCCC(C)(OCCCCCCCC)C(=O)O. The summed E-state index contributed by atoms with van der Waals surface area (Å²) in [7, 11) is 0. The van der Waals surface area contributed by atoms with E-state index in [4.69, 9.17) is 4.74 Å². The Bertz CT molecular complexity index is 317. The number of ether oxygens (including phenoxy) is 1. The molecule has 0 aliphatic rings. The van der Waals surface area contributed by atoms with Crippen LogP contribution in [0.5, 0.6) is 0 Å². The van der Waals surface area contributed by atoms with E-state index in [1.165, 1.54) is 77.0 Å². The number of aliphatic carboxylic acids is 1. The molecule has 0 rings (SSSR count). The monoisotopic (exact) mass is 370 g/mol. The van der Waals surface area contributed by atoms with E-state index in [1.54, 1.807) is 6.92 Å². The van der Waals surface area contributed by atoms with E-state index in [1.807, 2.05) is 0 Å². The Morgan fingerprint density at radius 1 is 0.692 bits per heavy atom. The third-order valence-corrected chi connectivity index (χ3v) is 5.38. The molecule has 0 radical (unpaired) electrons. The van der Waals surface area contributed by atoms with E-state index in [2.05, 4.69) is 13.8 Å². The zero-order valence-electron chi connectivity index (χ0n) is 18.0. The Hall–Kier alpha value is -0.570. The number of carboxylic acids is 1. The minimum Gasteiger partial charge on any atom is -0.479 e. The van der Waals surface area contributed by atoms with Crippen molar-refractivity contribution in [3.05, 3.63) is 0 Å². The maximum absolute atomic E-state index is 11.6. The first-order chi connectivity index (χ1) is 12.6. The quantitative estimate of drug-likeness (QED) is 0.225. The molecule has 156 valence electrons. The standard InChI is InChI=1S/C23H46O3/c1-4-6-8-10-12-13-14-15-16-18-20-23(3,22(24)25)26-21-19-17-11-9-7-5-2/h4-21H2,1-3H3,(H,24,25). The van der Waals surface area contributed by atoms with Crippen LogP contribution in [0.25, 0.3) is 0 Å². The average Bonchev–Trinajstić information content (AvgIpc) is 2.62. The van der Waals surface area contributed by atoms with E-state index < -0.39 is 11.6 Å². The molecule has 0 spiro atoms. The summed E-state index contributed by atoms with van der Waals surface area (Å²) in [6.45, 7) is 6.80. The molecule has 26 heavy (non-hydrogen) atoms. The van der Waals surface area contributed by atoms with Crippen molar-refractivity contribution in [1.82, 2.24) is 0 Å². The third kappa shape index (κ3) is 14.6. The van der Waals surface area contributed by atoms with E-state index in [0.29, 0.717) is 13.0 Å². The molecule has 0 aromatic heterocycles. The highest BCUT2D eigenvalue weighted by atomic mass is 16.5. The van der Waals surface area contributed by atoms with Crippen LogP contribution >= 0.6 is 0 Å². The minimum atomic E-state index is -0.996. The number of carbonyl (C=O) groups is 1. The lowest BCUT2D eigenvalue weighted by Gasteiger charge is -2.25. The van der Waals surface area contributed by atoms with E-state index >= 15 is 0 Å². The first-order valence-electron chi connectivity index (χ1n) is 11.4. The molecule has 0 heterocycles. The lowest BCUT2D eigenvalue weighted by molar-refractivity contribution is -0.165. The summed E-state index contributed by atoms with van der Waals surface area (Å²) in [5, 5.41) is 9.52. The second-order valence-electron chi connectivity index (χ2n) is 8.08. The van der Waals surface area contributed by atoms with Gasteiger partial charge in [-0.15, -0.1) is 0 Å². The number of hydrogen-bond donors (Lipinski definition) is 1. The lowest BCUT2D eigenvalue weighted by Crippen LogP contribution is -2.38. The zero-order chi connectivity index (χ0) is 19.5. The fourth-order valence-corrected chi connectivity index (χ4v) is 3.37. The lowest BCUT2D eigenvalue weighted by atomic mass is 9.97. The maximum atomic E-state index is 11.6. The third-order valence-electron chi connectivity index (χ3n) is 5.38. The molecule has 3 heteroatoms. The Morgan fingerprint density at radius 3 is 1.50 bits per heavy atom. The number of carboxylic acid groups (broad SMARTS) is 1. The molecule has 0 aromatic carbocycles. The second kappa shape index (κ2) is 17.8. The van der Waals surface area contributed by atoms with Crippen LogP contribution in [0.1, 0.15) is 130 Å². The number of hydrogen-bond acceptors (Lipinski definition) is 2. The Labute approximate surface area is 163 Å². The van der Waals surface area contributed by atoms with Crippen LogP contribution in [0.2, 0.25) is 0 Å². The van der Waals surface area contributed by atoms with Crippen LogP contribution in [-0.4, -0.2) is 23.3 Å². The fourth-order valence-electron chi connectivity index (χ4n) is 3.37. The zero-order valence-corrected chi connectivity index (χ0v) is 18.0. The molecule has 0 saturated carbocycles. The molecule has 0 fully saturated rings. The van der Waals surface area contributed by atoms with Gasteiger partial charge in [-0.2, -0.15) is 0 Å². The normalized spacial score (nSPS) is 13.7. The summed E-state index contributed by atoms with van der Waals surface area (Å²) in [5.74, 6) is -0.806. The molecule has 3 nitrogen and oxygen atoms in total. The van der Waals surface area contributed by atoms with Gasteiger partial charge in [-0.05, 0) is 26.2 Å². The predicted molar refractivity (Wildman–Crippen MR) is 112 cm³/mol. The summed E-state index contributed by atoms with van der Waals surface area (Å²) >= 11 is 0. The molecular weight excluding hydrogens is 324 g/mol. The average molecular weight is 371 g/mol. The molecule has 0 amide bonds. The van der Waals surface area contributed by atoms with Crippen molar-refractivity contribution >= 4 is 5.97 Å². The summed E-state index contributed by atoms with van der Waals surface area (Å²) in [5.41, 5.74) is -0.996. The van der Waals surface area contributed by atoms with Crippen LogP contribution in [-0.2, 0) is 9.53 Å². The molecule has 0 aliphatic heterocycles. The molecular formula is C23H46O3. The molecule has 1 unspecified atom stereocenters. The van der Waals surface area contributed by atoms with Crippen molar-refractivity contribution < 1.29 is 14.6 Å². The van der Waals surface area contributed by atoms with Gasteiger partial charge < -0.3 is 9.84 Å². The van der Waals surface area contributed by atoms with Gasteiger partial charge in [0.1, 0.15) is 0 Å². The maximum Gasteiger partial charge on any atom is 0.335 e. The van der Waals surface area contributed by atoms with Crippen molar-refractivity contribution in [1.29, 1.82) is 0 Å². The van der Waals surface area contributed by atoms with Gasteiger partial charge in [0.25, 0.3) is 0 Å². The van der Waals surface area contributed by atoms with Crippen molar-refractivity contribution in [3.63, 3.8) is 0 Å². The Morgan fingerprint density at radius 2 is 1.08 bits per heavy atom. The van der Waals surface area contributed by atoms with Gasteiger partial charge in [0.15, 0.2) is 5.60 Å². The number of rotatable bonds is 20. The summed E-state index contributed by atoms with van der Waals surface area (Å²) < 4.78 is 5.78. The molecule has 0 aromatic rings. The smallest absolute Gasteiger partial charge is 0.335 e. The van der Waals surface area contributed by atoms with E-state index in [9.17, 15) is 9.90 Å². The van der Waals surface area contributed by atoms with Crippen molar-refractivity contribution in [2.75, 3.05) is 6.61 Å². The first kappa shape index (κ1) is 25.4. The highest BCUT2D eigenvalue weighted by Gasteiger charge is 2.33. The summed E-state index contributed by atoms with van der Waals surface area (Å²) in [4.78, 5) is 11.6. The van der Waals surface area contributed by atoms with Gasteiger partial charge in [-0.25, -0.2) is 4.79 Å². The topological polar surface area (TPSA) is 46.5 Å². The molecule has 0 bridgehead atoms. The van der Waals surface area contributed by atoms with Crippen molar-refractivity contribution in [2.24, 2.45) is 0 Å². The highest BCUT2D eigenvalue weighted by Crippen LogP contribution is 2.22. The van der Waals surface area contributed by atoms with Gasteiger partial charge in [-0.1, -0.05) is 104 Å². The largest absolute Gasteiger partial charge is 0.479 e. The van der Waals surface area contributed by atoms with Crippen LogP contribution in [0, 0.1) is 0 Å². The van der Waals surface area contributed by atoms with Crippen LogP contribution < -0.4 is 0 Å². The van der Waals surface area contributed by atoms with Crippen LogP contribution in [0.3, 0.4) is 0 Å². The predicted octanol–water partition coefficient (Wildman–Crippen LogP) is 7.52. The van der Waals surface area contributed by atoms with E-state index in [0.717, 1.165) is 25.7 Å². The second-order valence-corrected chi connectivity index (χ2v) is 8.08. The van der Waals surface area contributed by atoms with E-state index in [-0.39, 0.29) is 0 Å². The van der Waals surface area contributed by atoms with Crippen molar-refractivity contribution in [2.45, 2.75) is 136 Å². The van der Waals surface area contributed by atoms with Gasteiger partial charge in [0, 0.05) is 6.61 Å². The number of unbranched alkanes of at least 4 members (excludes halogenated alkanes) is 14. The molecule has 0 aliphatic carbocycles. The van der Waals surface area contributed by atoms with Gasteiger partial charge in [-0.3, -0.25) is 0 Å². The van der Waals surface area contributed by atoms with Gasteiger partial charge in [0.2, 0.25) is 0 Å². The summed E-state index contributed by atoms with van der Waals surface area (Å²) in [6, 6.07) is 0. The Kier molecular flexibility index (Phi) is 17.4. The minimum absolute atomic E-state index is 0.576. The first-order valence-corrected chi connectivity index (χ1v) is 11.4. The van der Waals surface area contributed by atoms with Gasteiger partial charge >= 0.3 is 5.97 Å². The molecule has 0 saturated heterocycles. The summed E-state index contributed by atoms with van der Waals surface area (Å²) in [6.07, 6.45) is 20.5. The van der Waals surface area contributed by atoms with Gasteiger partial charge in [0.05, 0.1) is 0 Å². The Balaban J connectivity index is 3.68. The van der Waals surface area contributed by atoms with Crippen molar-refractivity contribution in [3.8, 4) is 0 Å². The fraction of sp³-hybridized carbons (Fsp3) is 0.957. The van der Waals surface area contributed by atoms with Crippen LogP contribution in [0.15, 0.2) is 0 Å². The van der Waals surface area contributed by atoms with Crippen LogP contribution in [0.4, 0.5) is 0 Å². The molecule has 1 N–H and O–H groups in total. The highest BCUT2D eigenvalue weighted by molar-refractivity contribution is 5.76. The molecule has 1 atom stereocenters.